The molecule has 1 aliphatic carbocycles. The first-order valence-electron chi connectivity index (χ1n) is 15.9. The van der Waals surface area contributed by atoms with Crippen molar-refractivity contribution in [2.75, 3.05) is 0 Å². The molecule has 1 aliphatic rings. The van der Waals surface area contributed by atoms with E-state index in [4.69, 9.17) is 0 Å². The van der Waals surface area contributed by atoms with Gasteiger partial charge in [-0.2, -0.15) is 0 Å². The molecule has 0 heterocycles. The maximum Gasteiger partial charge on any atom is 0.0159 e. The lowest BCUT2D eigenvalue weighted by Gasteiger charge is -2.21. The third kappa shape index (κ3) is 3.79. The van der Waals surface area contributed by atoms with Crippen LogP contribution < -0.4 is 0 Å². The predicted molar refractivity (Wildman–Crippen MR) is 193 cm³/mol. The Hall–Kier alpha value is -5.46. The van der Waals surface area contributed by atoms with Gasteiger partial charge in [-0.15, -0.1) is 0 Å². The van der Waals surface area contributed by atoms with Crippen LogP contribution in [0.4, 0.5) is 0 Å². The van der Waals surface area contributed by atoms with Gasteiger partial charge in [0.05, 0.1) is 0 Å². The van der Waals surface area contributed by atoms with Crippen molar-refractivity contribution in [3.05, 3.63) is 169 Å². The maximum atomic E-state index is 2.35. The molecule has 0 spiro atoms. The van der Waals surface area contributed by atoms with Crippen molar-refractivity contribution in [1.82, 2.24) is 0 Å². The Kier molecular flexibility index (Phi) is 5.64. The summed E-state index contributed by atoms with van der Waals surface area (Å²) in [5, 5.41) is 7.68. The van der Waals surface area contributed by atoms with E-state index in [2.05, 4.69) is 172 Å². The van der Waals surface area contributed by atoms with Crippen LogP contribution in [0, 0.1) is 0 Å². The normalized spacial score (nSPS) is 13.3. The van der Waals surface area contributed by atoms with Gasteiger partial charge in [0.15, 0.2) is 0 Å². The van der Waals surface area contributed by atoms with Crippen LogP contribution in [0.25, 0.3) is 76.8 Å². The molecule has 0 amide bonds. The van der Waals surface area contributed by atoms with E-state index in [1.54, 1.807) is 0 Å². The van der Waals surface area contributed by atoms with Crippen LogP contribution in [-0.2, 0) is 5.41 Å². The van der Waals surface area contributed by atoms with Crippen molar-refractivity contribution in [3.63, 3.8) is 0 Å². The average Bonchev–Trinajstić information content (AvgIpc) is 3.33. The molecule has 212 valence electrons. The van der Waals surface area contributed by atoms with Crippen LogP contribution in [0.15, 0.2) is 158 Å². The van der Waals surface area contributed by atoms with Crippen molar-refractivity contribution < 1.29 is 0 Å². The third-order valence-electron chi connectivity index (χ3n) is 10.1. The minimum Gasteiger partial charge on any atom is -0.0619 e. The van der Waals surface area contributed by atoms with Crippen LogP contribution in [0.3, 0.4) is 0 Å². The fourth-order valence-corrected chi connectivity index (χ4v) is 7.98. The zero-order chi connectivity index (χ0) is 30.1. The number of rotatable bonds is 3. The van der Waals surface area contributed by atoms with E-state index >= 15 is 0 Å². The molecule has 8 aromatic rings. The molecule has 9 rings (SSSR count). The number of fused-ring (bicyclic) bond motifs is 6. The third-order valence-corrected chi connectivity index (χ3v) is 10.1. The number of benzene rings is 8. The highest BCUT2D eigenvalue weighted by molar-refractivity contribution is 6.23. The predicted octanol–water partition coefficient (Wildman–Crippen LogP) is 12.5. The molecule has 0 nitrogen and oxygen atoms in total. The van der Waals surface area contributed by atoms with E-state index in [1.165, 1.54) is 88.0 Å². The molecule has 45 heavy (non-hydrogen) atoms. The second kappa shape index (κ2) is 9.78. The van der Waals surface area contributed by atoms with Crippen LogP contribution >= 0.6 is 0 Å². The maximum absolute atomic E-state index is 2.35. The topological polar surface area (TPSA) is 0 Å². The summed E-state index contributed by atoms with van der Waals surface area (Å²) in [6.07, 6.45) is 0. The molecule has 0 atom stereocenters. The van der Waals surface area contributed by atoms with Crippen molar-refractivity contribution in [2.24, 2.45) is 0 Å². The Morgan fingerprint density at radius 2 is 0.778 bits per heavy atom. The lowest BCUT2D eigenvalue weighted by Crippen LogP contribution is -2.14. The summed E-state index contributed by atoms with van der Waals surface area (Å²) in [4.78, 5) is 0. The second-order valence-corrected chi connectivity index (χ2v) is 12.8. The molecule has 0 heteroatoms. The summed E-state index contributed by atoms with van der Waals surface area (Å²) in [5.74, 6) is 0. The summed E-state index contributed by atoms with van der Waals surface area (Å²) in [5.41, 5.74) is 13.2. The lowest BCUT2D eigenvalue weighted by molar-refractivity contribution is 0.660. The second-order valence-electron chi connectivity index (χ2n) is 12.8. The largest absolute Gasteiger partial charge is 0.0619 e. The van der Waals surface area contributed by atoms with Gasteiger partial charge < -0.3 is 0 Å². The van der Waals surface area contributed by atoms with Crippen molar-refractivity contribution in [1.29, 1.82) is 0 Å². The van der Waals surface area contributed by atoms with E-state index in [-0.39, 0.29) is 5.41 Å². The summed E-state index contributed by atoms with van der Waals surface area (Å²) < 4.78 is 0. The van der Waals surface area contributed by atoms with Gasteiger partial charge in [0, 0.05) is 5.41 Å². The Morgan fingerprint density at radius 1 is 0.311 bits per heavy atom. The lowest BCUT2D eigenvalue weighted by atomic mass is 9.82. The summed E-state index contributed by atoms with van der Waals surface area (Å²) in [6, 6.07) is 58.3. The Bertz CT molecular complexity index is 2380. The summed E-state index contributed by atoms with van der Waals surface area (Å²) in [7, 11) is 0. The van der Waals surface area contributed by atoms with Gasteiger partial charge in [-0.25, -0.2) is 0 Å². The number of hydrogen-bond acceptors (Lipinski definition) is 0. The average molecular weight is 573 g/mol. The molecule has 0 bridgehead atoms. The van der Waals surface area contributed by atoms with Crippen LogP contribution in [-0.4, -0.2) is 0 Å². The molecule has 0 fully saturated rings. The highest BCUT2D eigenvalue weighted by Crippen LogP contribution is 2.52. The van der Waals surface area contributed by atoms with Crippen molar-refractivity contribution >= 4 is 32.3 Å². The smallest absolute Gasteiger partial charge is 0.0159 e. The first-order valence-corrected chi connectivity index (χ1v) is 15.9. The van der Waals surface area contributed by atoms with Gasteiger partial charge in [0.2, 0.25) is 0 Å². The molecule has 0 aromatic heterocycles. The van der Waals surface area contributed by atoms with E-state index in [0.29, 0.717) is 0 Å². The molecule has 0 saturated heterocycles. The highest BCUT2D eigenvalue weighted by atomic mass is 14.4. The molecule has 0 N–H and O–H groups in total. The molecule has 8 aromatic carbocycles. The molecular formula is C45H32. The van der Waals surface area contributed by atoms with E-state index < -0.39 is 0 Å². The fraction of sp³-hybridized carbons (Fsp3) is 0.0667. The minimum atomic E-state index is -0.00840. The molecule has 0 unspecified atom stereocenters. The summed E-state index contributed by atoms with van der Waals surface area (Å²) >= 11 is 0. The van der Waals surface area contributed by atoms with Crippen molar-refractivity contribution in [2.45, 2.75) is 19.3 Å². The fourth-order valence-electron chi connectivity index (χ4n) is 7.98. The first kappa shape index (κ1) is 26.0. The Labute approximate surface area is 264 Å². The van der Waals surface area contributed by atoms with Crippen LogP contribution in [0.2, 0.25) is 0 Å². The standard InChI is InChI=1S/C45H32/c1-45(2)40-23-10-9-20-39(40)44-33(21-12-24-41(44)45)30-25-27-31(28-26-30)42-35-16-5-7-18-37(35)43(38-19-8-6-17-36(38)42)34-22-11-14-29-13-3-4-15-32(29)34/h3-28H,1-2H3. The minimum absolute atomic E-state index is 0.00840. The quantitative estimate of drug-likeness (QED) is 0.185. The Morgan fingerprint density at radius 3 is 1.49 bits per heavy atom. The molecule has 0 saturated carbocycles. The van der Waals surface area contributed by atoms with Gasteiger partial charge in [0.1, 0.15) is 0 Å². The zero-order valence-electron chi connectivity index (χ0n) is 25.5. The van der Waals surface area contributed by atoms with Gasteiger partial charge in [0.25, 0.3) is 0 Å². The van der Waals surface area contributed by atoms with E-state index in [1.807, 2.05) is 0 Å². The van der Waals surface area contributed by atoms with Gasteiger partial charge in [-0.3, -0.25) is 0 Å². The molecule has 0 radical (unpaired) electrons. The highest BCUT2D eigenvalue weighted by Gasteiger charge is 2.36. The monoisotopic (exact) mass is 572 g/mol. The summed E-state index contributed by atoms with van der Waals surface area (Å²) in [6.45, 7) is 4.70. The Balaban J connectivity index is 1.26. The van der Waals surface area contributed by atoms with Gasteiger partial charge in [-0.05, 0) is 88.0 Å². The van der Waals surface area contributed by atoms with Gasteiger partial charge in [-0.1, -0.05) is 172 Å². The van der Waals surface area contributed by atoms with Crippen molar-refractivity contribution in [3.8, 4) is 44.5 Å². The SMILES string of the molecule is CC1(C)c2ccccc2-c2c(-c3ccc(-c4c5ccccc5c(-c5cccc6ccccc56)c5ccccc45)cc3)cccc21. The van der Waals surface area contributed by atoms with Crippen LogP contribution in [0.5, 0.6) is 0 Å². The van der Waals surface area contributed by atoms with Gasteiger partial charge >= 0.3 is 0 Å². The van der Waals surface area contributed by atoms with Crippen LogP contribution in [0.1, 0.15) is 25.0 Å². The van der Waals surface area contributed by atoms with E-state index in [9.17, 15) is 0 Å². The zero-order valence-corrected chi connectivity index (χ0v) is 25.5. The first-order chi connectivity index (χ1) is 22.1. The number of hydrogen-bond donors (Lipinski definition) is 0. The molecule has 0 aliphatic heterocycles. The van der Waals surface area contributed by atoms with E-state index in [0.717, 1.165) is 0 Å². The molecular weight excluding hydrogens is 540 g/mol.